The topological polar surface area (TPSA) is 38.0 Å². The van der Waals surface area contributed by atoms with Gasteiger partial charge in [0.15, 0.2) is 3.83 Å². The molecule has 0 bridgehead atoms. The highest BCUT2D eigenvalue weighted by molar-refractivity contribution is 14.1. The molecule has 0 saturated carbocycles. The minimum atomic E-state index is -0.812. The van der Waals surface area contributed by atoms with Crippen LogP contribution in [0.5, 0.6) is 0 Å². The van der Waals surface area contributed by atoms with Crippen molar-refractivity contribution in [1.82, 2.24) is 9.55 Å². The predicted molar refractivity (Wildman–Crippen MR) is 99.1 cm³/mol. The molecule has 5 heteroatoms. The highest BCUT2D eigenvalue weighted by Gasteiger charge is 2.40. The number of nitrogens with zero attached hydrogens (tertiary/aromatic N) is 2. The Morgan fingerprint density at radius 2 is 1.86 bits per heavy atom. The molecule has 1 unspecified atom stereocenters. The third-order valence-electron chi connectivity index (χ3n) is 4.23. The number of benzene rings is 1. The lowest BCUT2D eigenvalue weighted by Gasteiger charge is -2.41. The van der Waals surface area contributed by atoms with Gasteiger partial charge in [-0.2, -0.15) is 0 Å². The van der Waals surface area contributed by atoms with E-state index in [9.17, 15) is 5.11 Å². The molecule has 0 amide bonds. The van der Waals surface area contributed by atoms with Crippen LogP contribution in [0.3, 0.4) is 0 Å². The lowest BCUT2D eigenvalue weighted by Crippen LogP contribution is -2.47. The van der Waals surface area contributed by atoms with Gasteiger partial charge in [-0.1, -0.05) is 44.5 Å². The molecule has 120 valence electrons. The maximum Gasteiger partial charge on any atom is 0.171 e. The van der Waals surface area contributed by atoms with Gasteiger partial charge in [0.2, 0.25) is 0 Å². The van der Waals surface area contributed by atoms with Crippen LogP contribution in [0.1, 0.15) is 32.8 Å². The van der Waals surface area contributed by atoms with E-state index in [-0.39, 0.29) is 5.41 Å². The van der Waals surface area contributed by atoms with Crippen LogP contribution < -0.4 is 0 Å². The van der Waals surface area contributed by atoms with Crippen LogP contribution in [0.25, 0.3) is 0 Å². The Bertz CT molecular complexity index is 618. The third kappa shape index (κ3) is 4.24. The quantitative estimate of drug-likeness (QED) is 0.704. The van der Waals surface area contributed by atoms with Crippen molar-refractivity contribution >= 4 is 34.2 Å². The summed E-state index contributed by atoms with van der Waals surface area (Å²) in [5, 5.41) is 12.0. The van der Waals surface area contributed by atoms with E-state index in [1.54, 1.807) is 6.20 Å². The molecule has 22 heavy (non-hydrogen) atoms. The number of imidazole rings is 1. The fourth-order valence-corrected chi connectivity index (χ4v) is 3.02. The summed E-state index contributed by atoms with van der Waals surface area (Å²) in [6.07, 6.45) is 5.19. The van der Waals surface area contributed by atoms with Crippen molar-refractivity contribution in [2.45, 2.75) is 45.8 Å². The minimum Gasteiger partial charge on any atom is -0.387 e. The molecule has 1 atom stereocenters. The predicted octanol–water partition coefficient (Wildman–Crippen LogP) is 4.55. The molecular formula is C17H22ClIN2O. The Morgan fingerprint density at radius 3 is 2.36 bits per heavy atom. The van der Waals surface area contributed by atoms with Crippen molar-refractivity contribution < 1.29 is 5.11 Å². The molecule has 0 aliphatic rings. The molecule has 0 aliphatic carbocycles. The van der Waals surface area contributed by atoms with Gasteiger partial charge < -0.3 is 9.67 Å². The van der Waals surface area contributed by atoms with Crippen LogP contribution >= 0.6 is 34.2 Å². The zero-order valence-corrected chi connectivity index (χ0v) is 16.1. The van der Waals surface area contributed by atoms with Gasteiger partial charge in [-0.05, 0) is 58.5 Å². The van der Waals surface area contributed by atoms with E-state index < -0.39 is 5.60 Å². The molecule has 1 N–H and O–H groups in total. The second kappa shape index (κ2) is 6.89. The van der Waals surface area contributed by atoms with Crippen molar-refractivity contribution in [3.8, 4) is 0 Å². The summed E-state index contributed by atoms with van der Waals surface area (Å²) in [4.78, 5) is 4.23. The van der Waals surface area contributed by atoms with E-state index in [0.29, 0.717) is 13.0 Å². The average molecular weight is 433 g/mol. The number of hydrogen-bond donors (Lipinski definition) is 1. The van der Waals surface area contributed by atoms with Gasteiger partial charge in [-0.15, -0.1) is 0 Å². The summed E-state index contributed by atoms with van der Waals surface area (Å²) in [5.41, 5.74) is 0.146. The molecule has 0 saturated heterocycles. The number of aromatic nitrogens is 2. The van der Waals surface area contributed by atoms with Gasteiger partial charge in [-0.3, -0.25) is 0 Å². The first-order valence-electron chi connectivity index (χ1n) is 7.35. The third-order valence-corrected chi connectivity index (χ3v) is 5.38. The van der Waals surface area contributed by atoms with Crippen LogP contribution in [0.15, 0.2) is 36.7 Å². The first-order valence-corrected chi connectivity index (χ1v) is 8.80. The second-order valence-corrected chi connectivity index (χ2v) is 8.13. The molecule has 0 fully saturated rings. The van der Waals surface area contributed by atoms with E-state index in [4.69, 9.17) is 11.6 Å². The summed E-state index contributed by atoms with van der Waals surface area (Å²) in [6, 6.07) is 7.83. The lowest BCUT2D eigenvalue weighted by molar-refractivity contribution is -0.0778. The summed E-state index contributed by atoms with van der Waals surface area (Å²) in [6.45, 7) is 6.79. The van der Waals surface area contributed by atoms with Crippen LogP contribution in [0.2, 0.25) is 5.02 Å². The van der Waals surface area contributed by atoms with Crippen LogP contribution in [0, 0.1) is 9.25 Å². The number of rotatable bonds is 5. The number of halogens is 2. The van der Waals surface area contributed by atoms with Gasteiger partial charge in [0, 0.05) is 17.4 Å². The average Bonchev–Trinajstić information content (AvgIpc) is 2.82. The van der Waals surface area contributed by atoms with Gasteiger partial charge in [0.25, 0.3) is 0 Å². The maximum absolute atomic E-state index is 11.3. The van der Waals surface area contributed by atoms with Crippen molar-refractivity contribution in [2.75, 3.05) is 0 Å². The Kier molecular flexibility index (Phi) is 5.56. The highest BCUT2D eigenvalue weighted by atomic mass is 127. The summed E-state index contributed by atoms with van der Waals surface area (Å²) in [7, 11) is 0. The number of aliphatic hydroxyl groups is 1. The van der Waals surface area contributed by atoms with Crippen molar-refractivity contribution in [3.63, 3.8) is 0 Å². The fourth-order valence-electron chi connectivity index (χ4n) is 2.40. The van der Waals surface area contributed by atoms with Crippen LogP contribution in [-0.2, 0) is 13.0 Å². The van der Waals surface area contributed by atoms with Crippen molar-refractivity contribution in [3.05, 3.63) is 51.1 Å². The van der Waals surface area contributed by atoms with Crippen molar-refractivity contribution in [1.29, 1.82) is 0 Å². The van der Waals surface area contributed by atoms with E-state index in [1.165, 1.54) is 5.56 Å². The summed E-state index contributed by atoms with van der Waals surface area (Å²) >= 11 is 8.12. The number of hydrogen-bond acceptors (Lipinski definition) is 2. The molecule has 1 heterocycles. The molecule has 0 radical (unpaired) electrons. The van der Waals surface area contributed by atoms with E-state index in [2.05, 4.69) is 48.3 Å². The Hall–Kier alpha value is -0.590. The largest absolute Gasteiger partial charge is 0.387 e. The lowest BCUT2D eigenvalue weighted by atomic mass is 9.73. The normalized spacial score (nSPS) is 14.8. The molecule has 1 aromatic heterocycles. The smallest absolute Gasteiger partial charge is 0.171 e. The minimum absolute atomic E-state index is 0.229. The van der Waals surface area contributed by atoms with Gasteiger partial charge >= 0.3 is 0 Å². The van der Waals surface area contributed by atoms with Gasteiger partial charge in [0.1, 0.15) is 0 Å². The molecule has 3 nitrogen and oxygen atoms in total. The first kappa shape index (κ1) is 17.8. The molecule has 2 rings (SSSR count). The van der Waals surface area contributed by atoms with Crippen LogP contribution in [0.4, 0.5) is 0 Å². The van der Waals surface area contributed by atoms with E-state index >= 15 is 0 Å². The van der Waals surface area contributed by atoms with Crippen molar-refractivity contribution in [2.24, 2.45) is 5.41 Å². The van der Waals surface area contributed by atoms with E-state index in [1.807, 2.05) is 35.0 Å². The molecule has 0 aliphatic heterocycles. The van der Waals surface area contributed by atoms with Gasteiger partial charge in [-0.25, -0.2) is 4.98 Å². The zero-order valence-electron chi connectivity index (χ0n) is 13.2. The molecule has 1 aromatic carbocycles. The SMILES string of the molecule is CC(C)(C)C(O)(CCc1ccc(Cl)cc1)Cn1ccnc1I. The number of aryl methyl sites for hydroxylation is 1. The Labute approximate surface area is 150 Å². The zero-order chi connectivity index (χ0) is 16.4. The monoisotopic (exact) mass is 432 g/mol. The Balaban J connectivity index is 2.15. The summed E-state index contributed by atoms with van der Waals surface area (Å²) in [5.74, 6) is 0. The fraction of sp³-hybridized carbons (Fsp3) is 0.471. The molecular weight excluding hydrogens is 411 g/mol. The standard InChI is InChI=1S/C17H22ClIN2O/c1-16(2,3)17(22,12-21-11-10-20-15(21)19)9-8-13-4-6-14(18)7-5-13/h4-7,10-11,22H,8-9,12H2,1-3H3. The molecule has 0 spiro atoms. The highest BCUT2D eigenvalue weighted by Crippen LogP contribution is 2.36. The molecule has 2 aromatic rings. The first-order chi connectivity index (χ1) is 10.2. The maximum atomic E-state index is 11.3. The van der Waals surface area contributed by atoms with Gasteiger partial charge in [0.05, 0.1) is 12.1 Å². The Morgan fingerprint density at radius 1 is 1.23 bits per heavy atom. The second-order valence-electron chi connectivity index (χ2n) is 6.73. The van der Waals surface area contributed by atoms with Crippen LogP contribution in [-0.4, -0.2) is 20.3 Å². The van der Waals surface area contributed by atoms with E-state index in [0.717, 1.165) is 15.3 Å². The summed E-state index contributed by atoms with van der Waals surface area (Å²) < 4.78 is 2.90.